The van der Waals surface area contributed by atoms with Crippen LogP contribution in [0.3, 0.4) is 0 Å². The van der Waals surface area contributed by atoms with E-state index in [9.17, 15) is 0 Å². The molecule has 0 radical (unpaired) electrons. The molecule has 0 aliphatic carbocycles. The number of aryl methyl sites for hydroxylation is 1. The summed E-state index contributed by atoms with van der Waals surface area (Å²) in [5.74, 6) is 1.65. The van der Waals surface area contributed by atoms with Gasteiger partial charge in [-0.1, -0.05) is 20.8 Å². The van der Waals surface area contributed by atoms with E-state index in [-0.39, 0.29) is 11.5 Å². The summed E-state index contributed by atoms with van der Waals surface area (Å²) in [5, 5.41) is 0. The molecule has 1 aromatic carbocycles. The molecule has 18 heavy (non-hydrogen) atoms. The summed E-state index contributed by atoms with van der Waals surface area (Å²) < 4.78 is 10.5. The van der Waals surface area contributed by atoms with Crippen LogP contribution in [0.15, 0.2) is 18.2 Å². The van der Waals surface area contributed by atoms with Crippen molar-refractivity contribution >= 4 is 0 Å². The van der Waals surface area contributed by atoms with Gasteiger partial charge in [0.1, 0.15) is 11.5 Å². The molecule has 1 rings (SSSR count). The van der Waals surface area contributed by atoms with Crippen LogP contribution in [0.2, 0.25) is 0 Å². The lowest BCUT2D eigenvalue weighted by atomic mass is 9.84. The number of benzene rings is 1. The van der Waals surface area contributed by atoms with E-state index in [1.165, 1.54) is 5.56 Å². The van der Waals surface area contributed by atoms with E-state index in [0.717, 1.165) is 24.3 Å². The second kappa shape index (κ2) is 6.10. The second-order valence-corrected chi connectivity index (χ2v) is 5.73. The maximum absolute atomic E-state index is 6.18. The molecule has 2 N–H and O–H groups in total. The lowest BCUT2D eigenvalue weighted by Crippen LogP contribution is -2.35. The smallest absolute Gasteiger partial charge is 0.122 e. The third-order valence-corrected chi connectivity index (χ3v) is 3.27. The van der Waals surface area contributed by atoms with Crippen LogP contribution in [0.5, 0.6) is 11.5 Å². The third kappa shape index (κ3) is 4.22. The summed E-state index contributed by atoms with van der Waals surface area (Å²) in [6, 6.07) is 6.15. The van der Waals surface area contributed by atoms with Gasteiger partial charge in [-0.15, -0.1) is 0 Å². The van der Waals surface area contributed by atoms with E-state index in [1.807, 2.05) is 18.2 Å². The van der Waals surface area contributed by atoms with Gasteiger partial charge in [-0.3, -0.25) is 0 Å². The van der Waals surface area contributed by atoms with Gasteiger partial charge >= 0.3 is 0 Å². The number of rotatable bonds is 5. The molecular weight excluding hydrogens is 226 g/mol. The number of nitrogens with two attached hydrogens (primary N) is 1. The van der Waals surface area contributed by atoms with Gasteiger partial charge in [0.15, 0.2) is 0 Å². The molecule has 0 saturated carbocycles. The Bertz CT molecular complexity index is 360. The average Bonchev–Trinajstić information content (AvgIpc) is 2.34. The topological polar surface area (TPSA) is 44.5 Å². The highest BCUT2D eigenvalue weighted by atomic mass is 16.5. The fourth-order valence-corrected chi connectivity index (χ4v) is 1.77. The molecule has 0 heterocycles. The van der Waals surface area contributed by atoms with Gasteiger partial charge < -0.3 is 15.2 Å². The molecule has 0 aliphatic heterocycles. The molecule has 0 spiro atoms. The van der Waals surface area contributed by atoms with Crippen LogP contribution >= 0.6 is 0 Å². The molecule has 0 saturated heterocycles. The van der Waals surface area contributed by atoms with Gasteiger partial charge in [-0.2, -0.15) is 0 Å². The second-order valence-electron chi connectivity index (χ2n) is 5.73. The summed E-state index contributed by atoms with van der Waals surface area (Å²) >= 11 is 0. The predicted octanol–water partition coefficient (Wildman–Crippen LogP) is 3.01. The number of methoxy groups -OCH3 is 2. The Morgan fingerprint density at radius 1 is 1.06 bits per heavy atom. The highest BCUT2D eigenvalue weighted by Crippen LogP contribution is 2.25. The van der Waals surface area contributed by atoms with Gasteiger partial charge in [-0.05, 0) is 36.0 Å². The van der Waals surface area contributed by atoms with E-state index < -0.39 is 0 Å². The van der Waals surface area contributed by atoms with Crippen molar-refractivity contribution < 1.29 is 9.47 Å². The maximum Gasteiger partial charge on any atom is 0.122 e. The van der Waals surface area contributed by atoms with Crippen molar-refractivity contribution in [2.75, 3.05) is 14.2 Å². The maximum atomic E-state index is 6.18. The first-order valence-electron chi connectivity index (χ1n) is 6.34. The largest absolute Gasteiger partial charge is 0.497 e. The van der Waals surface area contributed by atoms with E-state index in [1.54, 1.807) is 14.2 Å². The minimum Gasteiger partial charge on any atom is -0.497 e. The van der Waals surface area contributed by atoms with Crippen LogP contribution in [0.1, 0.15) is 32.8 Å². The molecule has 0 fully saturated rings. The van der Waals surface area contributed by atoms with Crippen molar-refractivity contribution in [1.29, 1.82) is 0 Å². The first-order chi connectivity index (χ1) is 8.36. The molecule has 1 atom stereocenters. The Balaban J connectivity index is 2.72. The molecule has 0 amide bonds. The number of hydrogen-bond donors (Lipinski definition) is 1. The third-order valence-electron chi connectivity index (χ3n) is 3.27. The Morgan fingerprint density at radius 3 is 1.94 bits per heavy atom. The average molecular weight is 251 g/mol. The summed E-state index contributed by atoms with van der Waals surface area (Å²) in [5.41, 5.74) is 7.52. The van der Waals surface area contributed by atoms with Crippen LogP contribution < -0.4 is 15.2 Å². The Labute approximate surface area is 110 Å². The van der Waals surface area contributed by atoms with Crippen molar-refractivity contribution in [3.05, 3.63) is 23.8 Å². The van der Waals surface area contributed by atoms with Crippen LogP contribution in [-0.2, 0) is 6.42 Å². The van der Waals surface area contributed by atoms with Crippen molar-refractivity contribution in [2.45, 2.75) is 39.7 Å². The van der Waals surface area contributed by atoms with Gasteiger partial charge in [0, 0.05) is 12.1 Å². The van der Waals surface area contributed by atoms with Crippen LogP contribution in [0.4, 0.5) is 0 Å². The summed E-state index contributed by atoms with van der Waals surface area (Å²) in [6.45, 7) is 6.51. The van der Waals surface area contributed by atoms with Gasteiger partial charge in [-0.25, -0.2) is 0 Å². The summed E-state index contributed by atoms with van der Waals surface area (Å²) in [7, 11) is 3.33. The first-order valence-corrected chi connectivity index (χ1v) is 6.34. The Kier molecular flexibility index (Phi) is 5.03. The molecule has 0 aromatic heterocycles. The Morgan fingerprint density at radius 2 is 1.56 bits per heavy atom. The monoisotopic (exact) mass is 251 g/mol. The number of hydrogen-bond acceptors (Lipinski definition) is 3. The van der Waals surface area contributed by atoms with Crippen LogP contribution in [-0.4, -0.2) is 20.3 Å². The molecule has 0 aliphatic rings. The van der Waals surface area contributed by atoms with Gasteiger partial charge in [0.2, 0.25) is 0 Å². The van der Waals surface area contributed by atoms with Crippen molar-refractivity contribution in [2.24, 2.45) is 11.1 Å². The lowest BCUT2D eigenvalue weighted by molar-refractivity contribution is 0.305. The molecule has 1 aromatic rings. The van der Waals surface area contributed by atoms with E-state index in [0.29, 0.717) is 0 Å². The van der Waals surface area contributed by atoms with Crippen molar-refractivity contribution in [3.8, 4) is 11.5 Å². The fraction of sp³-hybridized carbons (Fsp3) is 0.600. The van der Waals surface area contributed by atoms with Crippen molar-refractivity contribution in [1.82, 2.24) is 0 Å². The highest BCUT2D eigenvalue weighted by molar-refractivity contribution is 5.38. The zero-order valence-electron chi connectivity index (χ0n) is 12.1. The summed E-state index contributed by atoms with van der Waals surface area (Å²) in [6.07, 6.45) is 1.89. The minimum absolute atomic E-state index is 0.142. The van der Waals surface area contributed by atoms with Crippen molar-refractivity contribution in [3.63, 3.8) is 0 Å². The van der Waals surface area contributed by atoms with E-state index >= 15 is 0 Å². The number of ether oxygens (including phenoxy) is 2. The lowest BCUT2D eigenvalue weighted by Gasteiger charge is -2.27. The van der Waals surface area contributed by atoms with Crippen LogP contribution in [0, 0.1) is 5.41 Å². The highest BCUT2D eigenvalue weighted by Gasteiger charge is 2.20. The predicted molar refractivity (Wildman–Crippen MR) is 75.3 cm³/mol. The zero-order valence-corrected chi connectivity index (χ0v) is 12.1. The minimum atomic E-state index is 0.142. The molecule has 1 unspecified atom stereocenters. The Hall–Kier alpha value is -1.22. The quantitative estimate of drug-likeness (QED) is 0.875. The van der Waals surface area contributed by atoms with Gasteiger partial charge in [0.05, 0.1) is 14.2 Å². The standard InChI is InChI=1S/C15H25NO2/c1-15(2,3)14(16)7-6-11-8-12(17-4)10-13(9-11)18-5/h8-10,14H,6-7,16H2,1-5H3. The van der Waals surface area contributed by atoms with Crippen LogP contribution in [0.25, 0.3) is 0 Å². The van der Waals surface area contributed by atoms with E-state index in [2.05, 4.69) is 20.8 Å². The molecule has 3 heteroatoms. The zero-order chi connectivity index (χ0) is 13.8. The molecule has 3 nitrogen and oxygen atoms in total. The SMILES string of the molecule is COc1cc(CCC(N)C(C)(C)C)cc(OC)c1. The normalized spacial score (nSPS) is 13.2. The molecule has 102 valence electrons. The first kappa shape index (κ1) is 14.8. The molecule has 0 bridgehead atoms. The summed E-state index contributed by atoms with van der Waals surface area (Å²) in [4.78, 5) is 0. The molecular formula is C15H25NO2. The fourth-order valence-electron chi connectivity index (χ4n) is 1.77. The van der Waals surface area contributed by atoms with E-state index in [4.69, 9.17) is 15.2 Å². The van der Waals surface area contributed by atoms with Gasteiger partial charge in [0.25, 0.3) is 0 Å².